The lowest BCUT2D eigenvalue weighted by atomic mass is 10.1. The fourth-order valence-corrected chi connectivity index (χ4v) is 2.37. The lowest BCUT2D eigenvalue weighted by Gasteiger charge is -2.18. The van der Waals surface area contributed by atoms with Crippen molar-refractivity contribution in [3.05, 3.63) is 70.7 Å². The molecule has 0 aromatic heterocycles. The van der Waals surface area contributed by atoms with Gasteiger partial charge in [0.2, 0.25) is 0 Å². The van der Waals surface area contributed by atoms with Crippen molar-refractivity contribution < 1.29 is 14.3 Å². The molecule has 0 bridgehead atoms. The zero-order valence-corrected chi connectivity index (χ0v) is 13.3. The van der Waals surface area contributed by atoms with Crippen LogP contribution >= 0.6 is 11.6 Å². The molecule has 0 N–H and O–H groups in total. The Morgan fingerprint density at radius 2 is 1.77 bits per heavy atom. The third kappa shape index (κ3) is 5.51. The average molecular weight is 319 g/mol. The lowest BCUT2D eigenvalue weighted by molar-refractivity contribution is -0.149. The predicted octanol–water partition coefficient (Wildman–Crippen LogP) is 4.03. The number of rotatable bonds is 7. The Morgan fingerprint density at radius 3 is 2.45 bits per heavy atom. The maximum Gasteiger partial charge on any atom is 0.302 e. The smallest absolute Gasteiger partial charge is 0.302 e. The predicted molar refractivity (Wildman–Crippen MR) is 86.8 cm³/mol. The van der Waals surface area contributed by atoms with Gasteiger partial charge in [-0.15, -0.1) is 0 Å². The SMILES string of the molecule is CC(=O)O[C@H](COCc1ccccc1)Cc1ccccc1Cl. The molecule has 0 aliphatic rings. The molecule has 2 aromatic rings. The van der Waals surface area contributed by atoms with E-state index in [0.717, 1.165) is 11.1 Å². The minimum atomic E-state index is -0.346. The zero-order chi connectivity index (χ0) is 15.8. The third-order valence-electron chi connectivity index (χ3n) is 3.15. The van der Waals surface area contributed by atoms with Crippen LogP contribution in [0.4, 0.5) is 0 Å². The molecule has 0 aliphatic carbocycles. The molecule has 0 saturated heterocycles. The van der Waals surface area contributed by atoms with Crippen molar-refractivity contribution in [1.82, 2.24) is 0 Å². The summed E-state index contributed by atoms with van der Waals surface area (Å²) in [6.07, 6.45) is 0.190. The summed E-state index contributed by atoms with van der Waals surface area (Å²) >= 11 is 6.15. The monoisotopic (exact) mass is 318 g/mol. The molecule has 0 aliphatic heterocycles. The first-order valence-electron chi connectivity index (χ1n) is 7.17. The quantitative estimate of drug-likeness (QED) is 0.723. The summed E-state index contributed by atoms with van der Waals surface area (Å²) in [4.78, 5) is 11.3. The van der Waals surface area contributed by atoms with Crippen LogP contribution in [-0.2, 0) is 27.3 Å². The molecule has 0 heterocycles. The third-order valence-corrected chi connectivity index (χ3v) is 3.52. The second kappa shape index (κ2) is 8.57. The maximum absolute atomic E-state index is 11.3. The molecule has 0 saturated carbocycles. The van der Waals surface area contributed by atoms with Gasteiger partial charge in [-0.05, 0) is 17.2 Å². The van der Waals surface area contributed by atoms with E-state index in [1.165, 1.54) is 6.92 Å². The van der Waals surface area contributed by atoms with E-state index < -0.39 is 0 Å². The molecule has 2 rings (SSSR count). The van der Waals surface area contributed by atoms with Crippen LogP contribution in [0.1, 0.15) is 18.1 Å². The molecule has 3 nitrogen and oxygen atoms in total. The Labute approximate surface area is 135 Å². The summed E-state index contributed by atoms with van der Waals surface area (Å²) in [5.74, 6) is -0.319. The van der Waals surface area contributed by atoms with Gasteiger partial charge in [0.15, 0.2) is 0 Å². The summed E-state index contributed by atoms with van der Waals surface area (Å²) in [7, 11) is 0. The van der Waals surface area contributed by atoms with E-state index in [1.807, 2.05) is 54.6 Å². The molecule has 0 amide bonds. The van der Waals surface area contributed by atoms with Crippen LogP contribution in [-0.4, -0.2) is 18.7 Å². The molecule has 1 atom stereocenters. The molecular weight excluding hydrogens is 300 g/mol. The number of esters is 1. The van der Waals surface area contributed by atoms with Gasteiger partial charge in [-0.3, -0.25) is 4.79 Å². The van der Waals surface area contributed by atoms with Crippen LogP contribution < -0.4 is 0 Å². The first-order valence-corrected chi connectivity index (χ1v) is 7.55. The van der Waals surface area contributed by atoms with E-state index >= 15 is 0 Å². The van der Waals surface area contributed by atoms with E-state index in [1.54, 1.807) is 0 Å². The lowest BCUT2D eigenvalue weighted by Crippen LogP contribution is -2.25. The van der Waals surface area contributed by atoms with E-state index in [2.05, 4.69) is 0 Å². The van der Waals surface area contributed by atoms with Crippen molar-refractivity contribution in [2.24, 2.45) is 0 Å². The number of halogens is 1. The molecule has 2 aromatic carbocycles. The Balaban J connectivity index is 1.91. The van der Waals surface area contributed by atoms with Gasteiger partial charge in [0, 0.05) is 18.4 Å². The van der Waals surface area contributed by atoms with E-state index in [0.29, 0.717) is 24.7 Å². The van der Waals surface area contributed by atoms with Crippen LogP contribution in [0.15, 0.2) is 54.6 Å². The van der Waals surface area contributed by atoms with Crippen molar-refractivity contribution in [3.8, 4) is 0 Å². The molecule has 0 radical (unpaired) electrons. The molecule has 116 valence electrons. The van der Waals surface area contributed by atoms with Crippen molar-refractivity contribution in [3.63, 3.8) is 0 Å². The van der Waals surface area contributed by atoms with Crippen LogP contribution in [0.2, 0.25) is 5.02 Å². The first kappa shape index (κ1) is 16.5. The first-order chi connectivity index (χ1) is 10.6. The summed E-state index contributed by atoms with van der Waals surface area (Å²) in [6, 6.07) is 17.4. The normalized spacial score (nSPS) is 11.9. The number of benzene rings is 2. The van der Waals surface area contributed by atoms with Crippen LogP contribution in [0.25, 0.3) is 0 Å². The van der Waals surface area contributed by atoms with E-state index in [-0.39, 0.29) is 12.1 Å². The second-order valence-corrected chi connectivity index (χ2v) is 5.43. The van der Waals surface area contributed by atoms with Crippen LogP contribution in [0, 0.1) is 0 Å². The highest BCUT2D eigenvalue weighted by atomic mass is 35.5. The fourth-order valence-electron chi connectivity index (χ4n) is 2.16. The molecule has 0 spiro atoms. The Kier molecular flexibility index (Phi) is 6.44. The summed E-state index contributed by atoms with van der Waals surface area (Å²) in [5.41, 5.74) is 2.03. The molecule has 22 heavy (non-hydrogen) atoms. The Hall–Kier alpha value is -1.84. The summed E-state index contributed by atoms with van der Waals surface area (Å²) < 4.78 is 11.0. The molecule has 0 fully saturated rings. The molecule has 4 heteroatoms. The van der Waals surface area contributed by atoms with Crippen LogP contribution in [0.5, 0.6) is 0 Å². The largest absolute Gasteiger partial charge is 0.460 e. The minimum absolute atomic E-state index is 0.319. The molecule has 0 unspecified atom stereocenters. The van der Waals surface area contributed by atoms with Crippen molar-refractivity contribution in [1.29, 1.82) is 0 Å². The van der Waals surface area contributed by atoms with Crippen LogP contribution in [0.3, 0.4) is 0 Å². The number of carbonyl (C=O) groups is 1. The van der Waals surface area contributed by atoms with E-state index in [9.17, 15) is 4.79 Å². The van der Waals surface area contributed by atoms with Gasteiger partial charge in [-0.1, -0.05) is 60.1 Å². The van der Waals surface area contributed by atoms with E-state index in [4.69, 9.17) is 21.1 Å². The Bertz CT molecular complexity index is 598. The minimum Gasteiger partial charge on any atom is -0.460 e. The second-order valence-electron chi connectivity index (χ2n) is 5.03. The Morgan fingerprint density at radius 1 is 1.09 bits per heavy atom. The standard InChI is InChI=1S/C18H19ClO3/c1-14(20)22-17(11-16-9-5-6-10-18(16)19)13-21-12-15-7-3-2-4-8-15/h2-10,17H,11-13H2,1H3/t17-/m0/s1. The van der Waals surface area contributed by atoms with Gasteiger partial charge in [0.25, 0.3) is 0 Å². The van der Waals surface area contributed by atoms with Gasteiger partial charge < -0.3 is 9.47 Å². The number of carbonyl (C=O) groups excluding carboxylic acids is 1. The average Bonchev–Trinajstić information content (AvgIpc) is 2.50. The van der Waals surface area contributed by atoms with Crippen molar-refractivity contribution >= 4 is 17.6 Å². The van der Waals surface area contributed by atoms with Crippen molar-refractivity contribution in [2.45, 2.75) is 26.1 Å². The number of hydrogen-bond acceptors (Lipinski definition) is 3. The van der Waals surface area contributed by atoms with Gasteiger partial charge in [0.05, 0.1) is 13.2 Å². The van der Waals surface area contributed by atoms with Gasteiger partial charge >= 0.3 is 5.97 Å². The fraction of sp³-hybridized carbons (Fsp3) is 0.278. The highest BCUT2D eigenvalue weighted by Gasteiger charge is 2.15. The van der Waals surface area contributed by atoms with Crippen molar-refractivity contribution in [2.75, 3.05) is 6.61 Å². The summed E-state index contributed by atoms with van der Waals surface area (Å²) in [6.45, 7) is 2.22. The number of ether oxygens (including phenoxy) is 2. The van der Waals surface area contributed by atoms with Gasteiger partial charge in [0.1, 0.15) is 6.10 Å². The van der Waals surface area contributed by atoms with Gasteiger partial charge in [-0.2, -0.15) is 0 Å². The number of hydrogen-bond donors (Lipinski definition) is 0. The van der Waals surface area contributed by atoms with Gasteiger partial charge in [-0.25, -0.2) is 0 Å². The highest BCUT2D eigenvalue weighted by molar-refractivity contribution is 6.31. The topological polar surface area (TPSA) is 35.5 Å². The summed E-state index contributed by atoms with van der Waals surface area (Å²) in [5, 5.41) is 0.669. The maximum atomic E-state index is 11.3. The molecular formula is C18H19ClO3. The highest BCUT2D eigenvalue weighted by Crippen LogP contribution is 2.18. The zero-order valence-electron chi connectivity index (χ0n) is 12.5.